The minimum atomic E-state index is 0. The number of nitrogens with one attached hydrogen (secondary N) is 3. The summed E-state index contributed by atoms with van der Waals surface area (Å²) in [5, 5.41) is 13.7. The number of hydrogen-bond donors (Lipinski definition) is 4. The van der Waals surface area contributed by atoms with Crippen LogP contribution in [0.5, 0.6) is 5.75 Å². The molecule has 0 spiro atoms. The summed E-state index contributed by atoms with van der Waals surface area (Å²) in [5.41, 5.74) is 6.09. The van der Waals surface area contributed by atoms with Crippen molar-refractivity contribution in [3.8, 4) is 5.75 Å². The number of rotatable bonds is 9. The number of amidine groups is 1. The Hall–Kier alpha value is -1.30. The average molecular weight is 287 g/mol. The van der Waals surface area contributed by atoms with E-state index >= 15 is 0 Å². The van der Waals surface area contributed by atoms with Crippen LogP contribution in [-0.2, 0) is 0 Å². The van der Waals surface area contributed by atoms with E-state index in [1.807, 2.05) is 19.2 Å². The Morgan fingerprint density at radius 1 is 1.21 bits per heavy atom. The van der Waals surface area contributed by atoms with Gasteiger partial charge in [-0.05, 0) is 44.3 Å². The number of ether oxygens (including phenoxy) is 1. The Bertz CT molecular complexity index is 356. The average Bonchev–Trinajstić information content (AvgIpc) is 2.38. The highest BCUT2D eigenvalue weighted by molar-refractivity contribution is 5.94. The highest BCUT2D eigenvalue weighted by Crippen LogP contribution is 2.11. The highest BCUT2D eigenvalue weighted by Gasteiger charge is 1.97. The Morgan fingerprint density at radius 2 is 1.89 bits per heavy atom. The third-order valence-corrected chi connectivity index (χ3v) is 2.48. The normalized spacial score (nSPS) is 9.74. The summed E-state index contributed by atoms with van der Waals surface area (Å²) >= 11 is 0. The van der Waals surface area contributed by atoms with Crippen molar-refractivity contribution in [3.05, 3.63) is 29.8 Å². The van der Waals surface area contributed by atoms with E-state index < -0.39 is 0 Å². The molecule has 0 aromatic heterocycles. The Labute approximate surface area is 120 Å². The molecule has 0 saturated heterocycles. The first-order chi connectivity index (χ1) is 8.74. The first kappa shape index (κ1) is 17.7. The molecule has 108 valence electrons. The fourth-order valence-corrected chi connectivity index (χ4v) is 1.46. The lowest BCUT2D eigenvalue weighted by atomic mass is 10.2. The molecule has 5 N–H and O–H groups in total. The van der Waals surface area contributed by atoms with Gasteiger partial charge in [-0.25, -0.2) is 0 Å². The van der Waals surface area contributed by atoms with Gasteiger partial charge >= 0.3 is 0 Å². The van der Waals surface area contributed by atoms with Crippen molar-refractivity contribution in [2.75, 3.05) is 33.3 Å². The van der Waals surface area contributed by atoms with E-state index in [1.165, 1.54) is 0 Å². The molecule has 1 aromatic carbocycles. The first-order valence-electron chi connectivity index (χ1n) is 6.16. The second-order valence-corrected chi connectivity index (χ2v) is 3.99. The van der Waals surface area contributed by atoms with Gasteiger partial charge in [0.15, 0.2) is 0 Å². The van der Waals surface area contributed by atoms with Gasteiger partial charge in [0.25, 0.3) is 0 Å². The van der Waals surface area contributed by atoms with Crippen LogP contribution in [0.4, 0.5) is 0 Å². The fourth-order valence-electron chi connectivity index (χ4n) is 1.46. The van der Waals surface area contributed by atoms with Crippen molar-refractivity contribution in [3.63, 3.8) is 0 Å². The summed E-state index contributed by atoms with van der Waals surface area (Å²) in [6, 6.07) is 7.27. The number of likely N-dealkylation sites (N-methyl/N-ethyl adjacent to an activating group) is 1. The van der Waals surface area contributed by atoms with Crippen LogP contribution >= 0.6 is 12.4 Å². The SMILES string of the molecule is CNCCNCCCOc1ccc(C(=N)N)cc1.Cl. The molecule has 0 aliphatic carbocycles. The van der Waals surface area contributed by atoms with Crippen molar-refractivity contribution >= 4 is 18.2 Å². The van der Waals surface area contributed by atoms with Crippen LogP contribution in [0.25, 0.3) is 0 Å². The topological polar surface area (TPSA) is 83.2 Å². The molecule has 0 amide bonds. The summed E-state index contributed by atoms with van der Waals surface area (Å²) in [6.45, 7) is 3.59. The molecule has 6 heteroatoms. The summed E-state index contributed by atoms with van der Waals surface area (Å²) in [4.78, 5) is 0. The zero-order chi connectivity index (χ0) is 13.2. The molecular formula is C13H23ClN4O. The van der Waals surface area contributed by atoms with Gasteiger partial charge in [-0.3, -0.25) is 5.41 Å². The molecule has 5 nitrogen and oxygen atoms in total. The van der Waals surface area contributed by atoms with Crippen molar-refractivity contribution in [2.24, 2.45) is 5.73 Å². The molecule has 19 heavy (non-hydrogen) atoms. The lowest BCUT2D eigenvalue weighted by Crippen LogP contribution is -2.26. The lowest BCUT2D eigenvalue weighted by Gasteiger charge is -2.07. The minimum absolute atomic E-state index is 0. The van der Waals surface area contributed by atoms with E-state index in [0.717, 1.165) is 37.4 Å². The van der Waals surface area contributed by atoms with Gasteiger partial charge in [0.2, 0.25) is 0 Å². The second-order valence-electron chi connectivity index (χ2n) is 3.99. The van der Waals surface area contributed by atoms with Crippen molar-refractivity contribution < 1.29 is 4.74 Å². The lowest BCUT2D eigenvalue weighted by molar-refractivity contribution is 0.308. The highest BCUT2D eigenvalue weighted by atomic mass is 35.5. The Kier molecular flexibility index (Phi) is 9.88. The number of benzene rings is 1. The van der Waals surface area contributed by atoms with E-state index in [9.17, 15) is 0 Å². The maximum Gasteiger partial charge on any atom is 0.122 e. The van der Waals surface area contributed by atoms with Gasteiger partial charge in [0.1, 0.15) is 11.6 Å². The molecular weight excluding hydrogens is 264 g/mol. The summed E-state index contributed by atoms with van der Waals surface area (Å²) in [6.07, 6.45) is 0.970. The minimum Gasteiger partial charge on any atom is -0.494 e. The van der Waals surface area contributed by atoms with Crippen LogP contribution in [-0.4, -0.2) is 39.1 Å². The van der Waals surface area contributed by atoms with E-state index in [-0.39, 0.29) is 18.2 Å². The summed E-state index contributed by atoms with van der Waals surface area (Å²) in [5.74, 6) is 0.894. The first-order valence-corrected chi connectivity index (χ1v) is 6.16. The maximum absolute atomic E-state index is 7.28. The van der Waals surface area contributed by atoms with Crippen LogP contribution in [0, 0.1) is 5.41 Å². The molecule has 1 rings (SSSR count). The molecule has 1 aromatic rings. The third-order valence-electron chi connectivity index (χ3n) is 2.48. The molecule has 0 aliphatic heterocycles. The number of halogens is 1. The predicted molar refractivity (Wildman–Crippen MR) is 81.6 cm³/mol. The Balaban J connectivity index is 0.00000324. The third kappa shape index (κ3) is 7.66. The van der Waals surface area contributed by atoms with Crippen molar-refractivity contribution in [2.45, 2.75) is 6.42 Å². The van der Waals surface area contributed by atoms with E-state index in [0.29, 0.717) is 6.61 Å². The molecule has 0 aliphatic rings. The summed E-state index contributed by atoms with van der Waals surface area (Å²) < 4.78 is 5.58. The van der Waals surface area contributed by atoms with E-state index in [1.54, 1.807) is 12.1 Å². The van der Waals surface area contributed by atoms with Gasteiger partial charge in [0.05, 0.1) is 6.61 Å². The monoisotopic (exact) mass is 286 g/mol. The molecule has 0 unspecified atom stereocenters. The number of nitrogen functional groups attached to an aromatic ring is 1. The largest absolute Gasteiger partial charge is 0.494 e. The van der Waals surface area contributed by atoms with Gasteiger partial charge in [-0.15, -0.1) is 12.4 Å². The van der Waals surface area contributed by atoms with Crippen LogP contribution in [0.1, 0.15) is 12.0 Å². The molecule has 0 saturated carbocycles. The molecule has 0 heterocycles. The van der Waals surface area contributed by atoms with Gasteiger partial charge in [-0.1, -0.05) is 0 Å². The van der Waals surface area contributed by atoms with Crippen LogP contribution in [0.3, 0.4) is 0 Å². The zero-order valence-electron chi connectivity index (χ0n) is 11.2. The Morgan fingerprint density at radius 3 is 2.47 bits per heavy atom. The smallest absolute Gasteiger partial charge is 0.122 e. The van der Waals surface area contributed by atoms with Gasteiger partial charge in [0, 0.05) is 18.7 Å². The fraction of sp³-hybridized carbons (Fsp3) is 0.462. The molecule has 0 atom stereocenters. The molecule has 0 fully saturated rings. The summed E-state index contributed by atoms with van der Waals surface area (Å²) in [7, 11) is 1.94. The quantitative estimate of drug-likeness (QED) is 0.310. The van der Waals surface area contributed by atoms with Crippen LogP contribution < -0.4 is 21.1 Å². The predicted octanol–water partition coefficient (Wildman–Crippen LogP) is 0.970. The number of nitrogens with two attached hydrogens (primary N) is 1. The van der Waals surface area contributed by atoms with Crippen LogP contribution in [0.2, 0.25) is 0 Å². The maximum atomic E-state index is 7.28. The van der Waals surface area contributed by atoms with Crippen LogP contribution in [0.15, 0.2) is 24.3 Å². The van der Waals surface area contributed by atoms with Gasteiger partial charge in [-0.2, -0.15) is 0 Å². The van der Waals surface area contributed by atoms with Crippen molar-refractivity contribution in [1.82, 2.24) is 10.6 Å². The zero-order valence-corrected chi connectivity index (χ0v) is 12.1. The van der Waals surface area contributed by atoms with Crippen molar-refractivity contribution in [1.29, 1.82) is 5.41 Å². The van der Waals surface area contributed by atoms with Gasteiger partial charge < -0.3 is 21.1 Å². The molecule has 0 bridgehead atoms. The standard InChI is InChI=1S/C13H22N4O.ClH/c1-16-8-9-17-7-2-10-18-12-5-3-11(4-6-12)13(14)15;/h3-6,16-17H,2,7-10H2,1H3,(H3,14,15);1H. The van der Waals surface area contributed by atoms with E-state index in [2.05, 4.69) is 10.6 Å². The molecule has 0 radical (unpaired) electrons. The van der Waals surface area contributed by atoms with E-state index in [4.69, 9.17) is 15.9 Å². The number of hydrogen-bond acceptors (Lipinski definition) is 4. The second kappa shape index (κ2) is 10.6.